The zero-order valence-corrected chi connectivity index (χ0v) is 12.9. The van der Waals surface area contributed by atoms with Crippen molar-refractivity contribution in [1.29, 1.82) is 0 Å². The molecule has 1 aliphatic rings. The van der Waals surface area contributed by atoms with E-state index >= 15 is 0 Å². The SMILES string of the molecule is CCCOc1ccc(S(=O)(=O)NC2(C)CC2)cc1C(=O)O. The van der Waals surface area contributed by atoms with Crippen molar-refractivity contribution >= 4 is 16.0 Å². The molecule has 0 aliphatic heterocycles. The zero-order chi connectivity index (χ0) is 15.7. The minimum absolute atomic E-state index is 0.0585. The van der Waals surface area contributed by atoms with Crippen molar-refractivity contribution in [1.82, 2.24) is 4.72 Å². The number of carboxylic acids is 1. The van der Waals surface area contributed by atoms with Crippen LogP contribution in [0.15, 0.2) is 23.1 Å². The van der Waals surface area contributed by atoms with Gasteiger partial charge >= 0.3 is 5.97 Å². The first-order valence-corrected chi connectivity index (χ1v) is 8.30. The Labute approximate surface area is 124 Å². The molecular weight excluding hydrogens is 294 g/mol. The first-order chi connectivity index (χ1) is 9.77. The van der Waals surface area contributed by atoms with Gasteiger partial charge in [0.05, 0.1) is 11.5 Å². The van der Waals surface area contributed by atoms with Gasteiger partial charge in [0, 0.05) is 5.54 Å². The standard InChI is InChI=1S/C14H19NO5S/c1-3-8-20-12-5-4-10(9-11(12)13(16)17)21(18,19)15-14(2)6-7-14/h4-5,9,15H,3,6-8H2,1-2H3,(H,16,17). The predicted octanol–water partition coefficient (Wildman–Crippen LogP) is 2.00. The highest BCUT2D eigenvalue weighted by atomic mass is 32.2. The van der Waals surface area contributed by atoms with Crippen LogP contribution >= 0.6 is 0 Å². The summed E-state index contributed by atoms with van der Waals surface area (Å²) in [5.41, 5.74) is -0.549. The van der Waals surface area contributed by atoms with Crippen LogP contribution in [0.5, 0.6) is 5.75 Å². The van der Waals surface area contributed by atoms with Gasteiger partial charge in [0.25, 0.3) is 0 Å². The fraction of sp³-hybridized carbons (Fsp3) is 0.500. The van der Waals surface area contributed by atoms with Crippen molar-refractivity contribution in [3.05, 3.63) is 23.8 Å². The van der Waals surface area contributed by atoms with Crippen LogP contribution in [0.4, 0.5) is 0 Å². The van der Waals surface area contributed by atoms with Gasteiger partial charge in [0.2, 0.25) is 10.0 Å². The summed E-state index contributed by atoms with van der Waals surface area (Å²) in [7, 11) is -3.72. The normalized spacial score (nSPS) is 16.5. The minimum Gasteiger partial charge on any atom is -0.493 e. The van der Waals surface area contributed by atoms with Crippen molar-refractivity contribution in [3.63, 3.8) is 0 Å². The molecule has 0 spiro atoms. The highest BCUT2D eigenvalue weighted by molar-refractivity contribution is 7.89. The van der Waals surface area contributed by atoms with Gasteiger partial charge in [-0.15, -0.1) is 0 Å². The highest BCUT2D eigenvalue weighted by Crippen LogP contribution is 2.36. The lowest BCUT2D eigenvalue weighted by Gasteiger charge is -2.14. The Morgan fingerprint density at radius 2 is 2.10 bits per heavy atom. The van der Waals surface area contributed by atoms with Gasteiger partial charge in [0.1, 0.15) is 11.3 Å². The molecule has 0 radical (unpaired) electrons. The average molecular weight is 313 g/mol. The lowest BCUT2D eigenvalue weighted by atomic mass is 10.2. The Balaban J connectivity index is 2.32. The quantitative estimate of drug-likeness (QED) is 0.803. The van der Waals surface area contributed by atoms with Crippen molar-refractivity contribution < 1.29 is 23.1 Å². The Morgan fingerprint density at radius 1 is 1.43 bits per heavy atom. The molecule has 0 aromatic heterocycles. The number of ether oxygens (including phenoxy) is 1. The molecule has 116 valence electrons. The summed E-state index contributed by atoms with van der Waals surface area (Å²) in [5.74, 6) is -1.03. The van der Waals surface area contributed by atoms with Crippen LogP contribution in [0.25, 0.3) is 0 Å². The van der Waals surface area contributed by atoms with E-state index in [0.29, 0.717) is 6.61 Å². The van der Waals surface area contributed by atoms with E-state index in [4.69, 9.17) is 4.74 Å². The number of aromatic carboxylic acids is 1. The van der Waals surface area contributed by atoms with Crippen LogP contribution in [0, 0.1) is 0 Å². The van der Waals surface area contributed by atoms with Gasteiger partial charge in [-0.3, -0.25) is 0 Å². The summed E-state index contributed by atoms with van der Waals surface area (Å²) < 4.78 is 32.4. The van der Waals surface area contributed by atoms with Crippen LogP contribution < -0.4 is 9.46 Å². The van der Waals surface area contributed by atoms with Crippen molar-refractivity contribution in [2.24, 2.45) is 0 Å². The predicted molar refractivity (Wildman–Crippen MR) is 77.1 cm³/mol. The monoisotopic (exact) mass is 313 g/mol. The van der Waals surface area contributed by atoms with E-state index in [-0.39, 0.29) is 16.2 Å². The minimum atomic E-state index is -3.72. The first kappa shape index (κ1) is 15.8. The fourth-order valence-corrected chi connectivity index (χ4v) is 3.35. The molecule has 0 saturated heterocycles. The third-order valence-electron chi connectivity index (χ3n) is 3.33. The molecule has 0 heterocycles. The molecule has 0 amide bonds. The van der Waals surface area contributed by atoms with Crippen LogP contribution in [-0.4, -0.2) is 31.6 Å². The lowest BCUT2D eigenvalue weighted by Crippen LogP contribution is -2.34. The van der Waals surface area contributed by atoms with Crippen LogP contribution in [-0.2, 0) is 10.0 Å². The third kappa shape index (κ3) is 3.74. The van der Waals surface area contributed by atoms with Crippen molar-refractivity contribution in [2.75, 3.05) is 6.61 Å². The first-order valence-electron chi connectivity index (χ1n) is 6.81. The number of sulfonamides is 1. The molecule has 1 aromatic rings. The van der Waals surface area contributed by atoms with Crippen molar-refractivity contribution in [3.8, 4) is 5.75 Å². The second kappa shape index (κ2) is 5.65. The number of carboxylic acid groups (broad SMARTS) is 1. The molecule has 0 bridgehead atoms. The maximum Gasteiger partial charge on any atom is 0.339 e. The molecule has 1 aliphatic carbocycles. The van der Waals surface area contributed by atoms with E-state index in [1.165, 1.54) is 12.1 Å². The molecule has 1 aromatic carbocycles. The van der Waals surface area contributed by atoms with Gasteiger partial charge in [-0.2, -0.15) is 0 Å². The molecule has 0 unspecified atom stereocenters. The van der Waals surface area contributed by atoms with Gasteiger partial charge in [-0.25, -0.2) is 17.9 Å². The summed E-state index contributed by atoms with van der Waals surface area (Å²) in [4.78, 5) is 11.2. The molecule has 7 heteroatoms. The van der Waals surface area contributed by atoms with Crippen molar-refractivity contribution in [2.45, 2.75) is 43.5 Å². The lowest BCUT2D eigenvalue weighted by molar-refractivity contribution is 0.0692. The van der Waals surface area contributed by atoms with E-state index in [0.717, 1.165) is 25.3 Å². The maximum atomic E-state index is 12.2. The maximum absolute atomic E-state index is 12.2. The molecule has 0 atom stereocenters. The largest absolute Gasteiger partial charge is 0.493 e. The van der Waals surface area contributed by atoms with Crippen LogP contribution in [0.2, 0.25) is 0 Å². The third-order valence-corrected chi connectivity index (χ3v) is 4.97. The van der Waals surface area contributed by atoms with E-state index in [1.54, 1.807) is 0 Å². The summed E-state index contributed by atoms with van der Waals surface area (Å²) in [5, 5.41) is 9.20. The smallest absolute Gasteiger partial charge is 0.339 e. The van der Waals surface area contributed by atoms with E-state index in [9.17, 15) is 18.3 Å². The Hall–Kier alpha value is -1.60. The second-order valence-corrected chi connectivity index (χ2v) is 7.16. The summed E-state index contributed by atoms with van der Waals surface area (Å²) in [6.07, 6.45) is 2.31. The average Bonchev–Trinajstić information content (AvgIpc) is 3.12. The summed E-state index contributed by atoms with van der Waals surface area (Å²) in [6, 6.07) is 3.90. The van der Waals surface area contributed by atoms with Gasteiger partial charge in [0.15, 0.2) is 0 Å². The molecule has 21 heavy (non-hydrogen) atoms. The van der Waals surface area contributed by atoms with Gasteiger partial charge < -0.3 is 9.84 Å². The Kier molecular flexibility index (Phi) is 4.25. The number of benzene rings is 1. The topological polar surface area (TPSA) is 92.7 Å². The Morgan fingerprint density at radius 3 is 2.62 bits per heavy atom. The molecule has 1 saturated carbocycles. The van der Waals surface area contributed by atoms with Crippen LogP contribution in [0.3, 0.4) is 0 Å². The number of hydrogen-bond acceptors (Lipinski definition) is 4. The number of carbonyl (C=O) groups is 1. The van der Waals surface area contributed by atoms with Crippen LogP contribution in [0.1, 0.15) is 43.5 Å². The number of hydrogen-bond donors (Lipinski definition) is 2. The molecule has 2 N–H and O–H groups in total. The van der Waals surface area contributed by atoms with Gasteiger partial charge in [-0.05, 0) is 44.4 Å². The van der Waals surface area contributed by atoms with E-state index < -0.39 is 21.5 Å². The summed E-state index contributed by atoms with van der Waals surface area (Å²) >= 11 is 0. The molecular formula is C14H19NO5S. The zero-order valence-electron chi connectivity index (χ0n) is 12.0. The van der Waals surface area contributed by atoms with Gasteiger partial charge in [-0.1, -0.05) is 6.92 Å². The second-order valence-electron chi connectivity index (χ2n) is 5.48. The van der Waals surface area contributed by atoms with E-state index in [1.807, 2.05) is 13.8 Å². The summed E-state index contributed by atoms with van der Waals surface area (Å²) in [6.45, 7) is 4.10. The highest BCUT2D eigenvalue weighted by Gasteiger charge is 2.41. The molecule has 1 fully saturated rings. The molecule has 6 nitrogen and oxygen atoms in total. The Bertz CT molecular complexity index is 649. The molecule has 2 rings (SSSR count). The number of rotatable bonds is 7. The van der Waals surface area contributed by atoms with E-state index in [2.05, 4.69) is 4.72 Å². The fourth-order valence-electron chi connectivity index (χ4n) is 1.85. The number of nitrogens with one attached hydrogen (secondary N) is 1.